The number of aliphatic imine (C=N–C) groups is 1. The lowest BCUT2D eigenvalue weighted by atomic mass is 9.94. The van der Waals surface area contributed by atoms with Gasteiger partial charge in [0.05, 0.1) is 19.3 Å². The highest BCUT2D eigenvalue weighted by Crippen LogP contribution is 2.39. The van der Waals surface area contributed by atoms with E-state index in [0.717, 1.165) is 55.7 Å². The number of fused-ring (bicyclic) bond motifs is 1. The summed E-state index contributed by atoms with van der Waals surface area (Å²) in [6.07, 6.45) is 7.88. The lowest BCUT2D eigenvalue weighted by Gasteiger charge is -2.23. The molecule has 188 valence electrons. The Hall–Kier alpha value is -2.98. The fourth-order valence-corrected chi connectivity index (χ4v) is 4.96. The molecule has 1 saturated heterocycles. The molecule has 2 aliphatic heterocycles. The SMILES string of the molecule is CC(C)NC(=O)OC1CCC(c2cc(Nc3nccc4c3N=CCC4COC3CCOC3)n[nH]2)C1. The van der Waals surface area contributed by atoms with Gasteiger partial charge in [-0.05, 0) is 57.6 Å². The summed E-state index contributed by atoms with van der Waals surface area (Å²) in [7, 11) is 0. The quantitative estimate of drug-likeness (QED) is 0.512. The van der Waals surface area contributed by atoms with E-state index in [0.29, 0.717) is 24.8 Å². The van der Waals surface area contributed by atoms with Crippen molar-refractivity contribution in [2.75, 3.05) is 25.1 Å². The summed E-state index contributed by atoms with van der Waals surface area (Å²) < 4.78 is 17.1. The molecule has 1 aliphatic carbocycles. The second kappa shape index (κ2) is 10.7. The zero-order valence-electron chi connectivity index (χ0n) is 20.3. The highest BCUT2D eigenvalue weighted by molar-refractivity contribution is 5.79. The lowest BCUT2D eigenvalue weighted by molar-refractivity contribution is 0.0351. The first-order valence-electron chi connectivity index (χ1n) is 12.6. The summed E-state index contributed by atoms with van der Waals surface area (Å²) in [6, 6.07) is 4.10. The van der Waals surface area contributed by atoms with Crippen LogP contribution in [-0.4, -0.2) is 65.6 Å². The second-order valence-electron chi connectivity index (χ2n) is 9.83. The summed E-state index contributed by atoms with van der Waals surface area (Å²) >= 11 is 0. The Morgan fingerprint density at radius 2 is 2.20 bits per heavy atom. The minimum absolute atomic E-state index is 0.0623. The highest BCUT2D eigenvalue weighted by Gasteiger charge is 2.30. The zero-order valence-corrected chi connectivity index (χ0v) is 20.3. The number of pyridine rings is 1. The number of H-pyrrole nitrogens is 1. The van der Waals surface area contributed by atoms with Crippen molar-refractivity contribution in [2.24, 2.45) is 4.99 Å². The van der Waals surface area contributed by atoms with Crippen LogP contribution in [0, 0.1) is 0 Å². The Morgan fingerprint density at radius 3 is 3.03 bits per heavy atom. The van der Waals surface area contributed by atoms with Gasteiger partial charge in [0.2, 0.25) is 0 Å². The minimum Gasteiger partial charge on any atom is -0.446 e. The minimum atomic E-state index is -0.349. The van der Waals surface area contributed by atoms with Crippen LogP contribution in [0.3, 0.4) is 0 Å². The van der Waals surface area contributed by atoms with Gasteiger partial charge in [-0.15, -0.1) is 0 Å². The monoisotopic (exact) mass is 482 g/mol. The number of carbonyl (C=O) groups is 1. The molecule has 10 heteroatoms. The van der Waals surface area contributed by atoms with Crippen molar-refractivity contribution in [3.63, 3.8) is 0 Å². The molecule has 0 spiro atoms. The maximum absolute atomic E-state index is 11.9. The lowest BCUT2D eigenvalue weighted by Crippen LogP contribution is -2.33. The van der Waals surface area contributed by atoms with Gasteiger partial charge in [0.25, 0.3) is 0 Å². The van der Waals surface area contributed by atoms with Crippen molar-refractivity contribution in [3.05, 3.63) is 29.6 Å². The van der Waals surface area contributed by atoms with Crippen molar-refractivity contribution in [2.45, 2.75) is 76.0 Å². The molecule has 3 aliphatic rings. The number of anilines is 2. The average molecular weight is 483 g/mol. The van der Waals surface area contributed by atoms with Crippen LogP contribution < -0.4 is 10.6 Å². The van der Waals surface area contributed by atoms with E-state index in [-0.39, 0.29) is 36.2 Å². The first kappa shape index (κ1) is 23.7. The molecule has 0 radical (unpaired) electrons. The predicted molar refractivity (Wildman–Crippen MR) is 132 cm³/mol. The second-order valence-corrected chi connectivity index (χ2v) is 9.83. The van der Waals surface area contributed by atoms with Gasteiger partial charge in [0, 0.05) is 48.7 Å². The Labute approximate surface area is 205 Å². The summed E-state index contributed by atoms with van der Waals surface area (Å²) in [4.78, 5) is 21.1. The maximum Gasteiger partial charge on any atom is 0.407 e. The van der Waals surface area contributed by atoms with Crippen LogP contribution in [0.4, 0.5) is 22.1 Å². The first-order valence-corrected chi connectivity index (χ1v) is 12.6. The number of ether oxygens (including phenoxy) is 3. The molecule has 3 N–H and O–H groups in total. The topological polar surface area (TPSA) is 123 Å². The number of aromatic nitrogens is 3. The molecule has 0 aromatic carbocycles. The van der Waals surface area contributed by atoms with E-state index in [2.05, 4.69) is 30.8 Å². The van der Waals surface area contributed by atoms with E-state index in [1.165, 1.54) is 0 Å². The average Bonchev–Trinajstić information content (AvgIpc) is 3.60. The van der Waals surface area contributed by atoms with E-state index >= 15 is 0 Å². The van der Waals surface area contributed by atoms with E-state index in [4.69, 9.17) is 14.2 Å². The number of amides is 1. The van der Waals surface area contributed by atoms with Gasteiger partial charge in [-0.25, -0.2) is 9.78 Å². The number of carbonyl (C=O) groups excluding carboxylic acids is 1. The Balaban J connectivity index is 1.20. The molecular formula is C25H34N6O4. The number of nitrogens with one attached hydrogen (secondary N) is 3. The fraction of sp³-hybridized carbons (Fsp3) is 0.600. The van der Waals surface area contributed by atoms with Gasteiger partial charge in [0.1, 0.15) is 11.8 Å². The van der Waals surface area contributed by atoms with Crippen molar-refractivity contribution in [1.82, 2.24) is 20.5 Å². The smallest absolute Gasteiger partial charge is 0.407 e. The molecule has 4 atom stereocenters. The van der Waals surface area contributed by atoms with Crippen LogP contribution in [0.25, 0.3) is 0 Å². The van der Waals surface area contributed by atoms with Crippen LogP contribution in [0.5, 0.6) is 0 Å². The zero-order chi connectivity index (χ0) is 24.2. The molecule has 5 rings (SSSR count). The standard InChI is InChI=1S/C25H34N6O4/c1-15(2)28-25(32)35-18-4-3-16(11-18)21-12-22(31-30-21)29-24-23-20(6-9-27-24)17(5-8-26-23)13-34-19-7-10-33-14-19/h6,8-9,12,15-19H,3-5,7,10-11,13-14H2,1-2H3,(H,28,32)(H2,27,29,30,31). The van der Waals surface area contributed by atoms with Gasteiger partial charge in [0.15, 0.2) is 11.6 Å². The summed E-state index contributed by atoms with van der Waals surface area (Å²) in [6.45, 7) is 5.93. The van der Waals surface area contributed by atoms with Gasteiger partial charge in [-0.3, -0.25) is 10.1 Å². The number of alkyl carbamates (subject to hydrolysis) is 1. The highest BCUT2D eigenvalue weighted by atomic mass is 16.6. The van der Waals surface area contributed by atoms with Gasteiger partial charge in [-0.2, -0.15) is 5.10 Å². The molecule has 0 bridgehead atoms. The number of nitrogens with zero attached hydrogens (tertiary/aromatic N) is 3. The normalized spacial score (nSPS) is 25.6. The van der Waals surface area contributed by atoms with Crippen LogP contribution in [0.2, 0.25) is 0 Å². The molecule has 4 heterocycles. The van der Waals surface area contributed by atoms with Gasteiger partial charge < -0.3 is 24.8 Å². The molecule has 1 saturated carbocycles. The molecule has 4 unspecified atom stereocenters. The Kier molecular flexibility index (Phi) is 7.29. The van der Waals surface area contributed by atoms with E-state index in [1.807, 2.05) is 38.4 Å². The number of rotatable bonds is 8. The Morgan fingerprint density at radius 1 is 1.29 bits per heavy atom. The summed E-state index contributed by atoms with van der Waals surface area (Å²) in [5, 5.41) is 13.7. The molecule has 35 heavy (non-hydrogen) atoms. The first-order chi connectivity index (χ1) is 17.0. The van der Waals surface area contributed by atoms with Crippen molar-refractivity contribution < 1.29 is 19.0 Å². The van der Waals surface area contributed by atoms with E-state index in [9.17, 15) is 4.79 Å². The molecule has 2 aromatic heterocycles. The molecule has 2 fully saturated rings. The van der Waals surface area contributed by atoms with Crippen LogP contribution >= 0.6 is 0 Å². The van der Waals surface area contributed by atoms with E-state index in [1.54, 1.807) is 0 Å². The van der Waals surface area contributed by atoms with Gasteiger partial charge >= 0.3 is 6.09 Å². The Bertz CT molecular complexity index is 1050. The molecule has 10 nitrogen and oxygen atoms in total. The number of hydrogen-bond acceptors (Lipinski definition) is 8. The van der Waals surface area contributed by atoms with E-state index < -0.39 is 0 Å². The third kappa shape index (κ3) is 5.82. The van der Waals surface area contributed by atoms with Crippen LogP contribution in [0.15, 0.2) is 23.3 Å². The third-order valence-electron chi connectivity index (χ3n) is 6.78. The largest absolute Gasteiger partial charge is 0.446 e. The summed E-state index contributed by atoms with van der Waals surface area (Å²) in [5.41, 5.74) is 3.00. The summed E-state index contributed by atoms with van der Waals surface area (Å²) in [5.74, 6) is 1.89. The maximum atomic E-state index is 11.9. The van der Waals surface area contributed by atoms with Crippen molar-refractivity contribution >= 4 is 29.6 Å². The van der Waals surface area contributed by atoms with Crippen molar-refractivity contribution in [1.29, 1.82) is 0 Å². The van der Waals surface area contributed by atoms with Crippen molar-refractivity contribution in [3.8, 4) is 0 Å². The number of aromatic amines is 1. The van der Waals surface area contributed by atoms with Crippen LogP contribution in [-0.2, 0) is 14.2 Å². The van der Waals surface area contributed by atoms with Crippen LogP contribution in [0.1, 0.15) is 69.0 Å². The molecular weight excluding hydrogens is 448 g/mol. The molecule has 1 amide bonds. The number of hydrogen-bond donors (Lipinski definition) is 3. The molecule has 2 aromatic rings. The fourth-order valence-electron chi connectivity index (χ4n) is 4.96. The third-order valence-corrected chi connectivity index (χ3v) is 6.78. The predicted octanol–water partition coefficient (Wildman–Crippen LogP) is 4.31. The van der Waals surface area contributed by atoms with Gasteiger partial charge in [-0.1, -0.05) is 0 Å².